The SMILES string of the molecule is CO[C@@](C(=O)OC/C=C(\C)CC[C@@H]1[C@@]2(C)CC[C@H](OC(=O)[C@](OC)(c3ccccc3)C(F)(F)F)C(C)(C)[C@@H]2CC[C@]1(C)O)(c1ccccc1)C(F)(F)F. The Morgan fingerprint density at radius 2 is 1.28 bits per heavy atom. The second-order valence-electron chi connectivity index (χ2n) is 15.4. The number of alkyl halides is 6. The van der Waals surface area contributed by atoms with Gasteiger partial charge in [0.15, 0.2) is 0 Å². The van der Waals surface area contributed by atoms with Crippen molar-refractivity contribution in [2.24, 2.45) is 22.7 Å². The molecule has 2 aromatic rings. The number of ether oxygens (including phenoxy) is 4. The summed E-state index contributed by atoms with van der Waals surface area (Å²) >= 11 is 0. The molecule has 4 rings (SSSR count). The lowest BCUT2D eigenvalue weighted by atomic mass is 9.44. The van der Waals surface area contributed by atoms with Crippen molar-refractivity contribution in [3.05, 3.63) is 83.4 Å². The molecule has 2 aromatic carbocycles. The average molecular weight is 757 g/mol. The zero-order valence-electron chi connectivity index (χ0n) is 31.2. The van der Waals surface area contributed by atoms with Crippen molar-refractivity contribution in [2.45, 2.75) is 108 Å². The van der Waals surface area contributed by atoms with E-state index in [4.69, 9.17) is 18.9 Å². The van der Waals surface area contributed by atoms with Gasteiger partial charge in [-0.05, 0) is 75.7 Å². The number of hydrogen-bond acceptors (Lipinski definition) is 7. The molecule has 0 unspecified atom stereocenters. The molecule has 0 spiro atoms. The second-order valence-corrected chi connectivity index (χ2v) is 15.4. The fourth-order valence-electron chi connectivity index (χ4n) is 9.18. The second kappa shape index (κ2) is 15.4. The van der Waals surface area contributed by atoms with Crippen LogP contribution in [0.1, 0.15) is 84.3 Å². The lowest BCUT2D eigenvalue weighted by molar-refractivity contribution is -0.283. The molecule has 0 saturated heterocycles. The summed E-state index contributed by atoms with van der Waals surface area (Å²) < 4.78 is 107. The van der Waals surface area contributed by atoms with E-state index in [9.17, 15) is 41.0 Å². The summed E-state index contributed by atoms with van der Waals surface area (Å²) in [5.41, 5.74) is -9.11. The van der Waals surface area contributed by atoms with Gasteiger partial charge in [0.2, 0.25) is 0 Å². The van der Waals surface area contributed by atoms with Crippen LogP contribution in [0.5, 0.6) is 0 Å². The summed E-state index contributed by atoms with van der Waals surface area (Å²) in [5.74, 6) is -3.59. The van der Waals surface area contributed by atoms with E-state index in [0.717, 1.165) is 31.9 Å². The zero-order chi connectivity index (χ0) is 39.7. The number of benzene rings is 2. The molecule has 2 aliphatic carbocycles. The van der Waals surface area contributed by atoms with Crippen LogP contribution in [0, 0.1) is 22.7 Å². The largest absolute Gasteiger partial charge is 0.459 e. The topological polar surface area (TPSA) is 91.3 Å². The minimum absolute atomic E-state index is 0.154. The number of fused-ring (bicyclic) bond motifs is 1. The van der Waals surface area contributed by atoms with E-state index in [2.05, 4.69) is 6.92 Å². The van der Waals surface area contributed by atoms with Crippen LogP contribution in [0.3, 0.4) is 0 Å². The van der Waals surface area contributed by atoms with Crippen LogP contribution in [0.15, 0.2) is 72.3 Å². The fourth-order valence-corrected chi connectivity index (χ4v) is 9.18. The van der Waals surface area contributed by atoms with Gasteiger partial charge in [-0.3, -0.25) is 0 Å². The van der Waals surface area contributed by atoms with Crippen molar-refractivity contribution in [3.8, 4) is 0 Å². The number of allylic oxidation sites excluding steroid dienone is 1. The van der Waals surface area contributed by atoms with E-state index < -0.39 is 70.2 Å². The first-order valence-corrected chi connectivity index (χ1v) is 17.7. The van der Waals surface area contributed by atoms with Crippen LogP contribution in [-0.2, 0) is 39.7 Å². The molecule has 13 heteroatoms. The maximum Gasteiger partial charge on any atom is 0.432 e. The Kier molecular flexibility index (Phi) is 12.3. The van der Waals surface area contributed by atoms with Crippen molar-refractivity contribution < 1.29 is 60.0 Å². The predicted molar refractivity (Wildman–Crippen MR) is 184 cm³/mol. The van der Waals surface area contributed by atoms with E-state index >= 15 is 0 Å². The maximum atomic E-state index is 14.6. The molecule has 2 saturated carbocycles. The molecule has 1 N–H and O–H groups in total. The molecule has 0 bridgehead atoms. The highest BCUT2D eigenvalue weighted by molar-refractivity contribution is 5.83. The van der Waals surface area contributed by atoms with Crippen molar-refractivity contribution in [1.29, 1.82) is 0 Å². The Labute approximate surface area is 307 Å². The minimum atomic E-state index is -5.11. The summed E-state index contributed by atoms with van der Waals surface area (Å²) in [4.78, 5) is 26.5. The molecule has 0 amide bonds. The molecule has 0 aliphatic heterocycles. The normalized spacial score (nSPS) is 28.6. The highest BCUT2D eigenvalue weighted by Crippen LogP contribution is 2.64. The van der Waals surface area contributed by atoms with Gasteiger partial charge in [0, 0.05) is 30.8 Å². The number of carbonyl (C=O) groups is 2. The molecule has 0 heterocycles. The van der Waals surface area contributed by atoms with Gasteiger partial charge in [-0.25, -0.2) is 9.59 Å². The van der Waals surface area contributed by atoms with Gasteiger partial charge >= 0.3 is 24.3 Å². The summed E-state index contributed by atoms with van der Waals surface area (Å²) in [6.45, 7) is 8.89. The molecule has 0 radical (unpaired) electrons. The van der Waals surface area contributed by atoms with E-state index in [1.165, 1.54) is 54.6 Å². The van der Waals surface area contributed by atoms with Gasteiger partial charge in [-0.15, -0.1) is 0 Å². The van der Waals surface area contributed by atoms with Crippen LogP contribution < -0.4 is 0 Å². The first kappa shape index (κ1) is 42.3. The van der Waals surface area contributed by atoms with Crippen molar-refractivity contribution >= 4 is 11.9 Å². The summed E-state index contributed by atoms with van der Waals surface area (Å²) in [5, 5.41) is 11.7. The smallest absolute Gasteiger partial charge is 0.432 e. The third-order valence-electron chi connectivity index (χ3n) is 12.0. The third kappa shape index (κ3) is 7.62. The van der Waals surface area contributed by atoms with Gasteiger partial charge in [0.25, 0.3) is 11.2 Å². The predicted octanol–water partition coefficient (Wildman–Crippen LogP) is 8.98. The van der Waals surface area contributed by atoms with E-state index in [1.54, 1.807) is 13.8 Å². The van der Waals surface area contributed by atoms with Crippen LogP contribution in [-0.4, -0.2) is 61.9 Å². The van der Waals surface area contributed by atoms with E-state index in [1.807, 2.05) is 13.8 Å². The number of aliphatic hydroxyl groups is 1. The molecule has 0 aromatic heterocycles. The molecule has 2 fully saturated rings. The van der Waals surface area contributed by atoms with Crippen molar-refractivity contribution in [1.82, 2.24) is 0 Å². The number of rotatable bonds is 12. The summed E-state index contributed by atoms with van der Waals surface area (Å²) in [7, 11) is 1.63. The Balaban J connectivity index is 1.50. The molecular formula is C40H50F6O7. The van der Waals surface area contributed by atoms with Gasteiger partial charge in [0.1, 0.15) is 12.7 Å². The quantitative estimate of drug-likeness (QED) is 0.131. The number of carbonyl (C=O) groups excluding carboxylic acids is 2. The van der Waals surface area contributed by atoms with Crippen LogP contribution in [0.4, 0.5) is 26.3 Å². The van der Waals surface area contributed by atoms with E-state index in [0.29, 0.717) is 32.1 Å². The van der Waals surface area contributed by atoms with Gasteiger partial charge in [0.05, 0.1) is 5.60 Å². The molecule has 7 atom stereocenters. The van der Waals surface area contributed by atoms with Crippen molar-refractivity contribution in [3.63, 3.8) is 0 Å². The van der Waals surface area contributed by atoms with Crippen LogP contribution >= 0.6 is 0 Å². The lowest BCUT2D eigenvalue weighted by Gasteiger charge is -2.62. The summed E-state index contributed by atoms with van der Waals surface area (Å²) in [6, 6.07) is 13.2. The standard InChI is InChI=1S/C40H50F6O7/c1-26(22-25-52-32(47)37(50-6,39(41,42)43)27-14-10-8-11-15-27)18-19-30-35(4)23-21-31(34(2,3)29(35)20-24-36(30,5)49)53-33(48)38(51-7,40(44,45)46)28-16-12-9-13-17-28/h8-17,22,29-31,49H,18-21,23-25H2,1-7H3/b26-22+/t29-,30+,31-,35-,36-,37+,38+/m0/s1. The minimum Gasteiger partial charge on any atom is -0.459 e. The number of esters is 2. The van der Waals surface area contributed by atoms with Gasteiger partial charge in [-0.1, -0.05) is 87.0 Å². The van der Waals surface area contributed by atoms with E-state index in [-0.39, 0.29) is 23.8 Å². The van der Waals surface area contributed by atoms with Crippen LogP contribution in [0.2, 0.25) is 0 Å². The highest BCUT2D eigenvalue weighted by Gasteiger charge is 2.67. The molecule has 294 valence electrons. The average Bonchev–Trinajstić information content (AvgIpc) is 3.06. The third-order valence-corrected chi connectivity index (χ3v) is 12.0. The number of hydrogen-bond donors (Lipinski definition) is 1. The van der Waals surface area contributed by atoms with Gasteiger partial charge in [-0.2, -0.15) is 26.3 Å². The Hall–Kier alpha value is -3.42. The first-order valence-electron chi connectivity index (χ1n) is 17.7. The Morgan fingerprint density at radius 3 is 1.75 bits per heavy atom. The summed E-state index contributed by atoms with van der Waals surface area (Å²) in [6.07, 6.45) is -7.03. The number of halogens is 6. The first-order chi connectivity index (χ1) is 24.6. The number of methoxy groups -OCH3 is 2. The molecular weight excluding hydrogens is 706 g/mol. The molecule has 7 nitrogen and oxygen atoms in total. The Morgan fingerprint density at radius 1 is 0.792 bits per heavy atom. The fraction of sp³-hybridized carbons (Fsp3) is 0.600. The Bertz CT molecular complexity index is 1610. The monoisotopic (exact) mass is 756 g/mol. The highest BCUT2D eigenvalue weighted by atomic mass is 19.4. The molecule has 2 aliphatic rings. The zero-order valence-corrected chi connectivity index (χ0v) is 31.2. The lowest BCUT2D eigenvalue weighted by Crippen LogP contribution is -2.62. The maximum absolute atomic E-state index is 14.6. The van der Waals surface area contributed by atoms with Crippen molar-refractivity contribution in [2.75, 3.05) is 20.8 Å². The van der Waals surface area contributed by atoms with Crippen LogP contribution in [0.25, 0.3) is 0 Å². The molecule has 53 heavy (non-hydrogen) atoms. The van der Waals surface area contributed by atoms with Gasteiger partial charge < -0.3 is 24.1 Å².